The summed E-state index contributed by atoms with van der Waals surface area (Å²) in [5.41, 5.74) is 0.296. The van der Waals surface area contributed by atoms with Crippen molar-refractivity contribution in [1.29, 1.82) is 0 Å². The fraction of sp³-hybridized carbons (Fsp3) is 0.800. The van der Waals surface area contributed by atoms with Crippen molar-refractivity contribution in [2.24, 2.45) is 5.92 Å². The molecule has 0 aromatic carbocycles. The lowest BCUT2D eigenvalue weighted by molar-refractivity contribution is 0.0190. The van der Waals surface area contributed by atoms with E-state index in [4.69, 9.17) is 6.58 Å². The summed E-state index contributed by atoms with van der Waals surface area (Å²) in [4.78, 5) is 0. The average Bonchev–Trinajstić information content (AvgIpc) is 2.34. The fourth-order valence-electron chi connectivity index (χ4n) is 2.62. The number of fused-ring (bicyclic) bond motifs is 1. The summed E-state index contributed by atoms with van der Waals surface area (Å²) < 4.78 is 0. The second kappa shape index (κ2) is 2.34. The average molecular weight is 151 g/mol. The molecule has 2 saturated carbocycles. The summed E-state index contributed by atoms with van der Waals surface area (Å²) >= 11 is 0. The van der Waals surface area contributed by atoms with Crippen molar-refractivity contribution in [2.45, 2.75) is 44.1 Å². The Morgan fingerprint density at radius 1 is 1.36 bits per heavy atom. The molecular formula is C10H15O. The van der Waals surface area contributed by atoms with Crippen molar-refractivity contribution >= 4 is 0 Å². The van der Waals surface area contributed by atoms with Gasteiger partial charge < -0.3 is 5.11 Å². The fourth-order valence-corrected chi connectivity index (χ4v) is 2.62. The molecule has 0 spiro atoms. The van der Waals surface area contributed by atoms with E-state index in [2.05, 4.69) is 0 Å². The Hall–Kier alpha value is -0.300. The van der Waals surface area contributed by atoms with E-state index >= 15 is 0 Å². The Morgan fingerprint density at radius 2 is 2.09 bits per heavy atom. The summed E-state index contributed by atoms with van der Waals surface area (Å²) in [5, 5.41) is 10.1. The van der Waals surface area contributed by atoms with Crippen LogP contribution >= 0.6 is 0 Å². The molecular weight excluding hydrogens is 136 g/mol. The van der Waals surface area contributed by atoms with Gasteiger partial charge in [0.2, 0.25) is 0 Å². The number of hydrogen-bond donors (Lipinski definition) is 1. The van der Waals surface area contributed by atoms with Crippen LogP contribution in [-0.2, 0) is 0 Å². The molecule has 0 bridgehead atoms. The number of aliphatic hydroxyl groups is 1. The van der Waals surface area contributed by atoms with Crippen molar-refractivity contribution in [1.82, 2.24) is 0 Å². The Labute approximate surface area is 68.1 Å². The lowest BCUT2D eigenvalue weighted by Gasteiger charge is -2.36. The van der Waals surface area contributed by atoms with E-state index in [1.54, 1.807) is 0 Å². The molecule has 2 atom stereocenters. The second-order valence-electron chi connectivity index (χ2n) is 3.93. The molecule has 0 unspecified atom stereocenters. The van der Waals surface area contributed by atoms with Gasteiger partial charge >= 0.3 is 0 Å². The first-order chi connectivity index (χ1) is 5.23. The Morgan fingerprint density at radius 3 is 2.82 bits per heavy atom. The molecule has 1 N–H and O–H groups in total. The molecule has 0 saturated heterocycles. The summed E-state index contributed by atoms with van der Waals surface area (Å²) in [6.45, 7) is 5.82. The maximum atomic E-state index is 10.1. The van der Waals surface area contributed by atoms with E-state index in [9.17, 15) is 5.11 Å². The van der Waals surface area contributed by atoms with Gasteiger partial charge in [0, 0.05) is 0 Å². The van der Waals surface area contributed by atoms with Crippen LogP contribution in [0.5, 0.6) is 0 Å². The molecule has 1 heteroatoms. The monoisotopic (exact) mass is 151 g/mol. The van der Waals surface area contributed by atoms with Crippen molar-refractivity contribution in [3.63, 3.8) is 0 Å². The molecule has 2 fully saturated rings. The van der Waals surface area contributed by atoms with Crippen LogP contribution < -0.4 is 0 Å². The molecule has 0 aromatic heterocycles. The van der Waals surface area contributed by atoms with Gasteiger partial charge in [0.05, 0.1) is 5.60 Å². The summed E-state index contributed by atoms with van der Waals surface area (Å²) in [5.74, 6) is 0.483. The largest absolute Gasteiger partial charge is 0.385 e. The SMILES string of the molecule is [CH]=C1CCC[C@@H]2CCC[C@]12O. The first kappa shape index (κ1) is 7.35. The van der Waals surface area contributed by atoms with Crippen LogP contribution in [0.4, 0.5) is 0 Å². The third-order valence-electron chi connectivity index (χ3n) is 3.34. The van der Waals surface area contributed by atoms with Gasteiger partial charge in [0.25, 0.3) is 0 Å². The van der Waals surface area contributed by atoms with Crippen LogP contribution in [0.15, 0.2) is 5.57 Å². The van der Waals surface area contributed by atoms with Crippen molar-refractivity contribution in [2.75, 3.05) is 0 Å². The first-order valence-electron chi connectivity index (χ1n) is 4.57. The lowest BCUT2D eigenvalue weighted by atomic mass is 9.75. The van der Waals surface area contributed by atoms with E-state index in [1.165, 1.54) is 19.3 Å². The molecule has 11 heavy (non-hydrogen) atoms. The van der Waals surface area contributed by atoms with Crippen LogP contribution in [0, 0.1) is 12.5 Å². The van der Waals surface area contributed by atoms with Gasteiger partial charge in [0.1, 0.15) is 0 Å². The van der Waals surface area contributed by atoms with E-state index in [0.29, 0.717) is 5.92 Å². The van der Waals surface area contributed by atoms with E-state index < -0.39 is 5.60 Å². The quantitative estimate of drug-likeness (QED) is 0.562. The van der Waals surface area contributed by atoms with Gasteiger partial charge in [-0.25, -0.2) is 0 Å². The van der Waals surface area contributed by atoms with Crippen molar-refractivity contribution in [3.05, 3.63) is 12.2 Å². The molecule has 2 aliphatic carbocycles. The van der Waals surface area contributed by atoms with E-state index in [0.717, 1.165) is 24.8 Å². The molecule has 61 valence electrons. The highest BCUT2D eigenvalue weighted by molar-refractivity contribution is 5.18. The molecule has 2 rings (SSSR count). The van der Waals surface area contributed by atoms with Gasteiger partial charge in [-0.3, -0.25) is 0 Å². The lowest BCUT2D eigenvalue weighted by Crippen LogP contribution is -2.37. The maximum Gasteiger partial charge on any atom is 0.0887 e. The Bertz CT molecular complexity index is 185. The van der Waals surface area contributed by atoms with Gasteiger partial charge in [-0.1, -0.05) is 6.58 Å². The summed E-state index contributed by atoms with van der Waals surface area (Å²) in [6.07, 6.45) is 6.53. The summed E-state index contributed by atoms with van der Waals surface area (Å²) in [6, 6.07) is 0. The highest BCUT2D eigenvalue weighted by Gasteiger charge is 2.44. The van der Waals surface area contributed by atoms with Crippen LogP contribution in [0.3, 0.4) is 0 Å². The van der Waals surface area contributed by atoms with Crippen molar-refractivity contribution in [3.8, 4) is 0 Å². The van der Waals surface area contributed by atoms with Gasteiger partial charge in [0.15, 0.2) is 0 Å². The number of rotatable bonds is 0. The topological polar surface area (TPSA) is 20.2 Å². The third-order valence-corrected chi connectivity index (χ3v) is 3.34. The normalized spacial score (nSPS) is 44.1. The predicted octanol–water partition coefficient (Wildman–Crippen LogP) is 2.06. The van der Waals surface area contributed by atoms with Gasteiger partial charge in [-0.2, -0.15) is 0 Å². The van der Waals surface area contributed by atoms with Gasteiger partial charge in [-0.05, 0) is 50.0 Å². The zero-order chi connectivity index (χ0) is 7.90. The van der Waals surface area contributed by atoms with Crippen LogP contribution in [-0.4, -0.2) is 10.7 Å². The molecule has 0 amide bonds. The molecule has 1 radical (unpaired) electrons. The molecule has 0 aliphatic heterocycles. The third kappa shape index (κ3) is 0.943. The molecule has 0 heterocycles. The minimum atomic E-state index is -0.557. The van der Waals surface area contributed by atoms with Crippen molar-refractivity contribution < 1.29 is 5.11 Å². The zero-order valence-electron chi connectivity index (χ0n) is 6.84. The van der Waals surface area contributed by atoms with Gasteiger partial charge in [-0.15, -0.1) is 0 Å². The van der Waals surface area contributed by atoms with Crippen LogP contribution in [0.2, 0.25) is 0 Å². The minimum Gasteiger partial charge on any atom is -0.385 e. The molecule has 2 aliphatic rings. The highest BCUT2D eigenvalue weighted by atomic mass is 16.3. The van der Waals surface area contributed by atoms with Crippen LogP contribution in [0.25, 0.3) is 0 Å². The van der Waals surface area contributed by atoms with E-state index in [1.807, 2.05) is 0 Å². The standard InChI is InChI=1S/C10H15O/c1-8-4-2-5-9-6-3-7-10(8,9)11/h1,9,11H,2-7H2/t9-,10+/m1/s1. The number of hydrogen-bond acceptors (Lipinski definition) is 1. The Kier molecular flexibility index (Phi) is 1.57. The second-order valence-corrected chi connectivity index (χ2v) is 3.93. The zero-order valence-corrected chi connectivity index (χ0v) is 6.84. The van der Waals surface area contributed by atoms with Crippen LogP contribution in [0.1, 0.15) is 38.5 Å². The minimum absolute atomic E-state index is 0.483. The first-order valence-corrected chi connectivity index (χ1v) is 4.57. The Balaban J connectivity index is 2.24. The predicted molar refractivity (Wildman–Crippen MR) is 44.0 cm³/mol. The maximum absolute atomic E-state index is 10.1. The van der Waals surface area contributed by atoms with E-state index in [-0.39, 0.29) is 0 Å². The molecule has 0 aromatic rings. The summed E-state index contributed by atoms with van der Waals surface area (Å²) in [7, 11) is 0. The molecule has 1 nitrogen and oxygen atoms in total. The highest BCUT2D eigenvalue weighted by Crippen LogP contribution is 2.47. The smallest absolute Gasteiger partial charge is 0.0887 e.